The van der Waals surface area contributed by atoms with Crippen LogP contribution in [0.15, 0.2) is 36.7 Å². The molecule has 0 spiro atoms. The molecular weight excluding hydrogens is 281 g/mol. The average Bonchev–Trinajstić information content (AvgIpc) is 2.47. The topological polar surface area (TPSA) is 47.0 Å². The number of methoxy groups -OCH3 is 1. The zero-order valence-corrected chi connectivity index (χ0v) is 12.0. The quantitative estimate of drug-likeness (QED) is 0.920. The predicted octanol–water partition coefficient (Wildman–Crippen LogP) is 3.24. The molecule has 0 aliphatic carbocycles. The standard InChI is InChI=1S/C14H15ClFN3O/c1-14(20-2,11-5-3-4-6-12(11)16)9-19-13-17-7-10(15)8-18-13/h3-8H,9H2,1-2H3,(H,17,18,19). The number of hydrogen-bond donors (Lipinski definition) is 1. The van der Waals surface area contributed by atoms with E-state index in [1.54, 1.807) is 25.1 Å². The molecule has 1 heterocycles. The van der Waals surface area contributed by atoms with Gasteiger partial charge in [-0.1, -0.05) is 29.8 Å². The van der Waals surface area contributed by atoms with E-state index < -0.39 is 5.60 Å². The van der Waals surface area contributed by atoms with Gasteiger partial charge in [0.15, 0.2) is 0 Å². The summed E-state index contributed by atoms with van der Waals surface area (Å²) in [6, 6.07) is 6.52. The van der Waals surface area contributed by atoms with Crippen LogP contribution >= 0.6 is 11.6 Å². The smallest absolute Gasteiger partial charge is 0.222 e. The Morgan fingerprint density at radius 2 is 1.95 bits per heavy atom. The van der Waals surface area contributed by atoms with Crippen LogP contribution in [0.2, 0.25) is 5.02 Å². The average molecular weight is 296 g/mol. The van der Waals surface area contributed by atoms with Crippen LogP contribution in [0.25, 0.3) is 0 Å². The molecule has 1 atom stereocenters. The third kappa shape index (κ3) is 3.23. The summed E-state index contributed by atoms with van der Waals surface area (Å²) in [6.07, 6.45) is 2.98. The Labute approximate surface area is 122 Å². The summed E-state index contributed by atoms with van der Waals surface area (Å²) < 4.78 is 19.4. The van der Waals surface area contributed by atoms with Crippen LogP contribution in [-0.2, 0) is 10.3 Å². The normalized spacial score (nSPS) is 13.8. The number of rotatable bonds is 5. The highest BCUT2D eigenvalue weighted by molar-refractivity contribution is 6.30. The Morgan fingerprint density at radius 3 is 2.55 bits per heavy atom. The van der Waals surface area contributed by atoms with Crippen molar-refractivity contribution in [3.63, 3.8) is 0 Å². The summed E-state index contributed by atoms with van der Waals surface area (Å²) in [5, 5.41) is 3.47. The molecule has 2 aromatic rings. The second kappa shape index (κ2) is 6.15. The fraction of sp³-hybridized carbons (Fsp3) is 0.286. The van der Waals surface area contributed by atoms with E-state index in [0.29, 0.717) is 23.1 Å². The maximum Gasteiger partial charge on any atom is 0.222 e. The van der Waals surface area contributed by atoms with Gasteiger partial charge in [0, 0.05) is 12.7 Å². The third-order valence-corrected chi connectivity index (χ3v) is 3.29. The van der Waals surface area contributed by atoms with Crippen molar-refractivity contribution in [3.8, 4) is 0 Å². The first kappa shape index (κ1) is 14.7. The summed E-state index contributed by atoms with van der Waals surface area (Å²) in [5.74, 6) is 0.102. The van der Waals surface area contributed by atoms with Crippen molar-refractivity contribution in [2.24, 2.45) is 0 Å². The predicted molar refractivity (Wildman–Crippen MR) is 76.3 cm³/mol. The highest BCUT2D eigenvalue weighted by atomic mass is 35.5. The van der Waals surface area contributed by atoms with Gasteiger partial charge in [-0.15, -0.1) is 0 Å². The molecule has 20 heavy (non-hydrogen) atoms. The number of benzene rings is 1. The van der Waals surface area contributed by atoms with E-state index in [1.807, 2.05) is 0 Å². The van der Waals surface area contributed by atoms with Crippen molar-refractivity contribution in [1.29, 1.82) is 0 Å². The summed E-state index contributed by atoms with van der Waals surface area (Å²) >= 11 is 5.72. The maximum atomic E-state index is 13.9. The number of nitrogens with zero attached hydrogens (tertiary/aromatic N) is 2. The lowest BCUT2D eigenvalue weighted by molar-refractivity contribution is 0.0107. The van der Waals surface area contributed by atoms with Crippen LogP contribution in [-0.4, -0.2) is 23.6 Å². The van der Waals surface area contributed by atoms with Gasteiger partial charge < -0.3 is 10.1 Å². The van der Waals surface area contributed by atoms with Crippen molar-refractivity contribution in [2.75, 3.05) is 19.0 Å². The van der Waals surface area contributed by atoms with Crippen molar-refractivity contribution >= 4 is 17.5 Å². The summed E-state index contributed by atoms with van der Waals surface area (Å²) in [7, 11) is 1.54. The first-order valence-electron chi connectivity index (χ1n) is 6.07. The summed E-state index contributed by atoms with van der Waals surface area (Å²) in [4.78, 5) is 8.06. The van der Waals surface area contributed by atoms with E-state index in [9.17, 15) is 4.39 Å². The minimum atomic E-state index is -0.825. The van der Waals surface area contributed by atoms with Crippen LogP contribution < -0.4 is 5.32 Å². The minimum Gasteiger partial charge on any atom is -0.372 e. The van der Waals surface area contributed by atoms with E-state index >= 15 is 0 Å². The number of halogens is 2. The van der Waals surface area contributed by atoms with Gasteiger partial charge in [0.25, 0.3) is 0 Å². The van der Waals surface area contributed by atoms with Gasteiger partial charge in [0.05, 0.1) is 24.0 Å². The minimum absolute atomic E-state index is 0.310. The lowest BCUT2D eigenvalue weighted by Crippen LogP contribution is -2.34. The molecule has 1 unspecified atom stereocenters. The first-order chi connectivity index (χ1) is 9.55. The van der Waals surface area contributed by atoms with Crippen LogP contribution in [0, 0.1) is 5.82 Å². The van der Waals surface area contributed by atoms with Crippen molar-refractivity contribution < 1.29 is 9.13 Å². The van der Waals surface area contributed by atoms with E-state index in [1.165, 1.54) is 25.6 Å². The third-order valence-electron chi connectivity index (χ3n) is 3.10. The second-order valence-electron chi connectivity index (χ2n) is 4.49. The van der Waals surface area contributed by atoms with Gasteiger partial charge >= 0.3 is 0 Å². The molecule has 0 amide bonds. The molecule has 0 saturated carbocycles. The summed E-state index contributed by atoms with van der Waals surface area (Å²) in [6.45, 7) is 2.13. The molecule has 1 aromatic carbocycles. The summed E-state index contributed by atoms with van der Waals surface area (Å²) in [5.41, 5.74) is -0.349. The largest absolute Gasteiger partial charge is 0.372 e. The molecule has 0 aliphatic rings. The first-order valence-corrected chi connectivity index (χ1v) is 6.44. The number of nitrogens with one attached hydrogen (secondary N) is 1. The Hall–Kier alpha value is -1.72. The van der Waals surface area contributed by atoms with Crippen molar-refractivity contribution in [2.45, 2.75) is 12.5 Å². The molecule has 2 rings (SSSR count). The lowest BCUT2D eigenvalue weighted by atomic mass is 9.95. The van der Waals surface area contributed by atoms with Gasteiger partial charge in [-0.3, -0.25) is 0 Å². The molecule has 0 fully saturated rings. The molecule has 0 radical (unpaired) electrons. The number of hydrogen-bond acceptors (Lipinski definition) is 4. The number of ether oxygens (including phenoxy) is 1. The Bertz CT molecular complexity index is 579. The molecule has 1 N–H and O–H groups in total. The second-order valence-corrected chi connectivity index (χ2v) is 4.93. The van der Waals surface area contributed by atoms with Crippen LogP contribution in [0.4, 0.5) is 10.3 Å². The fourth-order valence-electron chi connectivity index (χ4n) is 1.82. The van der Waals surface area contributed by atoms with E-state index in [4.69, 9.17) is 16.3 Å². The van der Waals surface area contributed by atoms with Gasteiger partial charge in [0.1, 0.15) is 11.4 Å². The van der Waals surface area contributed by atoms with Gasteiger partial charge in [-0.05, 0) is 13.0 Å². The monoisotopic (exact) mass is 295 g/mol. The highest BCUT2D eigenvalue weighted by Crippen LogP contribution is 2.27. The molecule has 0 aliphatic heterocycles. The van der Waals surface area contributed by atoms with Crippen LogP contribution in [0.3, 0.4) is 0 Å². The number of anilines is 1. The zero-order valence-electron chi connectivity index (χ0n) is 11.2. The molecule has 106 valence electrons. The van der Waals surface area contributed by atoms with E-state index in [-0.39, 0.29) is 5.82 Å². The van der Waals surface area contributed by atoms with E-state index in [0.717, 1.165) is 0 Å². The highest BCUT2D eigenvalue weighted by Gasteiger charge is 2.29. The lowest BCUT2D eigenvalue weighted by Gasteiger charge is -2.29. The van der Waals surface area contributed by atoms with Crippen LogP contribution in [0.5, 0.6) is 0 Å². The molecule has 6 heteroatoms. The Kier molecular flexibility index (Phi) is 4.52. The molecule has 0 saturated heterocycles. The SMILES string of the molecule is COC(C)(CNc1ncc(Cl)cn1)c1ccccc1F. The Balaban J connectivity index is 2.16. The fourth-order valence-corrected chi connectivity index (χ4v) is 1.92. The molecule has 1 aromatic heterocycles. The Morgan fingerprint density at radius 1 is 1.30 bits per heavy atom. The van der Waals surface area contributed by atoms with Crippen molar-refractivity contribution in [1.82, 2.24) is 9.97 Å². The van der Waals surface area contributed by atoms with E-state index in [2.05, 4.69) is 15.3 Å². The number of aromatic nitrogens is 2. The van der Waals surface area contributed by atoms with Crippen LogP contribution in [0.1, 0.15) is 12.5 Å². The van der Waals surface area contributed by atoms with Gasteiger partial charge in [-0.2, -0.15) is 0 Å². The molecule has 4 nitrogen and oxygen atoms in total. The zero-order chi connectivity index (χ0) is 14.6. The molecule has 0 bridgehead atoms. The molecular formula is C14H15ClFN3O. The van der Waals surface area contributed by atoms with Gasteiger partial charge in [-0.25, -0.2) is 14.4 Å². The van der Waals surface area contributed by atoms with Crippen molar-refractivity contribution in [3.05, 3.63) is 53.1 Å². The maximum absolute atomic E-state index is 13.9. The van der Waals surface area contributed by atoms with Gasteiger partial charge in [0.2, 0.25) is 5.95 Å².